The molecule has 0 N–H and O–H groups in total. The molecule has 0 radical (unpaired) electrons. The number of hydrogen-bond donors (Lipinski definition) is 0. The van der Waals surface area contributed by atoms with E-state index in [9.17, 15) is 0 Å². The van der Waals surface area contributed by atoms with Gasteiger partial charge in [-0.25, -0.2) is 0 Å². The Morgan fingerprint density at radius 3 is 1.81 bits per heavy atom. The molecule has 0 aromatic carbocycles. The summed E-state index contributed by atoms with van der Waals surface area (Å²) in [5.41, 5.74) is 3.34. The van der Waals surface area contributed by atoms with Crippen molar-refractivity contribution in [2.75, 3.05) is 0 Å². The molecule has 1 atom stereocenters. The molecule has 0 bridgehead atoms. The maximum atomic E-state index is 2.40. The van der Waals surface area contributed by atoms with Crippen molar-refractivity contribution in [3.63, 3.8) is 0 Å². The second-order valence-electron chi connectivity index (χ2n) is 5.57. The van der Waals surface area contributed by atoms with Crippen molar-refractivity contribution >= 4 is 0 Å². The first-order valence-corrected chi connectivity index (χ1v) is 7.21. The number of unbranched alkanes of at least 4 members (excludes halogenated alkanes) is 1. The third-order valence-corrected chi connectivity index (χ3v) is 3.82. The fraction of sp³-hybridized carbons (Fsp3) is 0.875. The highest BCUT2D eigenvalue weighted by Crippen LogP contribution is 2.24. The van der Waals surface area contributed by atoms with E-state index in [1.165, 1.54) is 38.5 Å². The lowest BCUT2D eigenvalue weighted by Crippen LogP contribution is -2.01. The topological polar surface area (TPSA) is 0 Å². The van der Waals surface area contributed by atoms with Gasteiger partial charge in [0.05, 0.1) is 0 Å². The van der Waals surface area contributed by atoms with Crippen LogP contribution in [0.4, 0.5) is 0 Å². The molecule has 0 spiro atoms. The molecule has 0 amide bonds. The van der Waals surface area contributed by atoms with E-state index in [1.807, 2.05) is 0 Å². The Labute approximate surface area is 104 Å². The summed E-state index contributed by atoms with van der Waals surface area (Å²) in [4.78, 5) is 0. The molecule has 0 aromatic heterocycles. The minimum Gasteiger partial charge on any atom is -0.0716 e. The Hall–Kier alpha value is -0.260. The van der Waals surface area contributed by atoms with Gasteiger partial charge in [0.2, 0.25) is 0 Å². The summed E-state index contributed by atoms with van der Waals surface area (Å²) in [6, 6.07) is 0. The zero-order valence-electron chi connectivity index (χ0n) is 12.4. The van der Waals surface area contributed by atoms with Gasteiger partial charge < -0.3 is 0 Å². The van der Waals surface area contributed by atoms with Gasteiger partial charge in [0.25, 0.3) is 0 Å². The standard InChI is InChI=1S/C16H32/c1-7-16(8-2)15(6)14(5)12-10-9-11-13(3)4/h13-14H,7-12H2,1-6H3. The van der Waals surface area contributed by atoms with Gasteiger partial charge in [0.15, 0.2) is 0 Å². The summed E-state index contributed by atoms with van der Waals surface area (Å²) in [7, 11) is 0. The quantitative estimate of drug-likeness (QED) is 0.351. The van der Waals surface area contributed by atoms with Crippen LogP contribution in [0, 0.1) is 11.8 Å². The summed E-state index contributed by atoms with van der Waals surface area (Å²) in [6.07, 6.45) is 8.05. The van der Waals surface area contributed by atoms with Crippen LogP contribution < -0.4 is 0 Å². The Kier molecular flexibility index (Phi) is 8.70. The van der Waals surface area contributed by atoms with E-state index in [-0.39, 0.29) is 0 Å². The van der Waals surface area contributed by atoms with E-state index >= 15 is 0 Å². The SMILES string of the molecule is CCC(CC)=C(C)C(C)CCCCC(C)C. The van der Waals surface area contributed by atoms with Crippen molar-refractivity contribution < 1.29 is 0 Å². The minimum absolute atomic E-state index is 0.794. The lowest BCUT2D eigenvalue weighted by Gasteiger charge is -2.16. The molecule has 0 aromatic rings. The highest BCUT2D eigenvalue weighted by Gasteiger charge is 2.08. The highest BCUT2D eigenvalue weighted by atomic mass is 14.1. The van der Waals surface area contributed by atoms with Crippen LogP contribution in [0.2, 0.25) is 0 Å². The largest absolute Gasteiger partial charge is 0.0716 e. The smallest absolute Gasteiger partial charge is 0.0232 e. The molecule has 1 unspecified atom stereocenters. The van der Waals surface area contributed by atoms with Crippen LogP contribution in [0.25, 0.3) is 0 Å². The van der Waals surface area contributed by atoms with Crippen LogP contribution in [0.3, 0.4) is 0 Å². The fourth-order valence-corrected chi connectivity index (χ4v) is 2.38. The third-order valence-electron chi connectivity index (χ3n) is 3.82. The molecule has 0 fully saturated rings. The second kappa shape index (κ2) is 8.84. The van der Waals surface area contributed by atoms with E-state index < -0.39 is 0 Å². The molecule has 0 aliphatic heterocycles. The average Bonchev–Trinajstić information content (AvgIpc) is 2.25. The van der Waals surface area contributed by atoms with E-state index in [1.54, 1.807) is 11.1 Å². The second-order valence-corrected chi connectivity index (χ2v) is 5.57. The van der Waals surface area contributed by atoms with Crippen LogP contribution in [-0.4, -0.2) is 0 Å². The van der Waals surface area contributed by atoms with E-state index in [4.69, 9.17) is 0 Å². The van der Waals surface area contributed by atoms with Gasteiger partial charge in [-0.2, -0.15) is 0 Å². The minimum atomic E-state index is 0.794. The third kappa shape index (κ3) is 6.35. The molecule has 0 nitrogen and oxygen atoms in total. The van der Waals surface area contributed by atoms with Crippen molar-refractivity contribution in [2.24, 2.45) is 11.8 Å². The van der Waals surface area contributed by atoms with E-state index in [0.29, 0.717) is 0 Å². The molecule has 0 saturated heterocycles. The highest BCUT2D eigenvalue weighted by molar-refractivity contribution is 5.13. The van der Waals surface area contributed by atoms with E-state index in [2.05, 4.69) is 41.5 Å². The predicted octanol–water partition coefficient (Wildman–Crippen LogP) is 5.98. The van der Waals surface area contributed by atoms with Crippen LogP contribution in [0.1, 0.15) is 80.1 Å². The molecule has 0 saturated carbocycles. The first-order chi connectivity index (χ1) is 7.52. The van der Waals surface area contributed by atoms with E-state index in [0.717, 1.165) is 11.8 Å². The summed E-state index contributed by atoms with van der Waals surface area (Å²) in [6.45, 7) is 14.0. The molecule has 0 heterocycles. The summed E-state index contributed by atoms with van der Waals surface area (Å²) >= 11 is 0. The molecular formula is C16H32. The molecule has 0 aliphatic rings. The van der Waals surface area contributed by atoms with Crippen LogP contribution in [0.15, 0.2) is 11.1 Å². The Morgan fingerprint density at radius 2 is 1.38 bits per heavy atom. The first kappa shape index (κ1) is 15.7. The zero-order chi connectivity index (χ0) is 12.6. The molecule has 96 valence electrons. The lowest BCUT2D eigenvalue weighted by molar-refractivity contribution is 0.490. The van der Waals surface area contributed by atoms with Gasteiger partial charge in [-0.3, -0.25) is 0 Å². The summed E-state index contributed by atoms with van der Waals surface area (Å²) in [5.74, 6) is 1.66. The lowest BCUT2D eigenvalue weighted by atomic mass is 9.90. The molecule has 0 heteroatoms. The monoisotopic (exact) mass is 224 g/mol. The van der Waals surface area contributed by atoms with Gasteiger partial charge in [-0.15, -0.1) is 0 Å². The van der Waals surface area contributed by atoms with Crippen molar-refractivity contribution in [2.45, 2.75) is 80.1 Å². The van der Waals surface area contributed by atoms with Crippen molar-refractivity contribution in [3.05, 3.63) is 11.1 Å². The number of rotatable bonds is 8. The number of hydrogen-bond acceptors (Lipinski definition) is 0. The Bertz CT molecular complexity index is 192. The van der Waals surface area contributed by atoms with Gasteiger partial charge >= 0.3 is 0 Å². The van der Waals surface area contributed by atoms with Crippen LogP contribution in [-0.2, 0) is 0 Å². The molecule has 16 heavy (non-hydrogen) atoms. The van der Waals surface area contributed by atoms with Crippen LogP contribution >= 0.6 is 0 Å². The van der Waals surface area contributed by atoms with Crippen molar-refractivity contribution in [1.82, 2.24) is 0 Å². The van der Waals surface area contributed by atoms with Gasteiger partial charge in [0, 0.05) is 0 Å². The van der Waals surface area contributed by atoms with Gasteiger partial charge in [-0.1, -0.05) is 65.0 Å². The first-order valence-electron chi connectivity index (χ1n) is 7.21. The molecular weight excluding hydrogens is 192 g/mol. The Balaban J connectivity index is 3.96. The normalized spacial score (nSPS) is 12.9. The molecule has 0 aliphatic carbocycles. The maximum Gasteiger partial charge on any atom is -0.0232 e. The number of allylic oxidation sites excluding steroid dienone is 2. The average molecular weight is 224 g/mol. The molecule has 0 rings (SSSR count). The fourth-order valence-electron chi connectivity index (χ4n) is 2.38. The zero-order valence-corrected chi connectivity index (χ0v) is 12.4. The summed E-state index contributed by atoms with van der Waals surface area (Å²) in [5, 5.41) is 0. The van der Waals surface area contributed by atoms with Gasteiger partial charge in [0.1, 0.15) is 0 Å². The Morgan fingerprint density at radius 1 is 0.875 bits per heavy atom. The maximum absolute atomic E-state index is 2.40. The van der Waals surface area contributed by atoms with Crippen molar-refractivity contribution in [3.8, 4) is 0 Å². The van der Waals surface area contributed by atoms with Gasteiger partial charge in [-0.05, 0) is 38.0 Å². The van der Waals surface area contributed by atoms with Crippen molar-refractivity contribution in [1.29, 1.82) is 0 Å². The summed E-state index contributed by atoms with van der Waals surface area (Å²) < 4.78 is 0. The van der Waals surface area contributed by atoms with Crippen LogP contribution in [0.5, 0.6) is 0 Å². The predicted molar refractivity (Wildman–Crippen MR) is 75.8 cm³/mol.